The number of nitrogens with one attached hydrogen (secondary N) is 2. The summed E-state index contributed by atoms with van der Waals surface area (Å²) in [6, 6.07) is 6.97. The molecule has 0 fully saturated rings. The average Bonchev–Trinajstić information content (AvgIpc) is 2.67. The average molecular weight is 503 g/mol. The molecule has 36 heavy (non-hydrogen) atoms. The number of hydrogen-bond donors (Lipinski definition) is 2. The van der Waals surface area contributed by atoms with E-state index in [1.165, 1.54) is 22.8 Å². The van der Waals surface area contributed by atoms with E-state index in [4.69, 9.17) is 9.47 Å². The third kappa shape index (κ3) is 8.40. The van der Waals surface area contributed by atoms with E-state index in [0.29, 0.717) is 0 Å². The van der Waals surface area contributed by atoms with Crippen LogP contribution in [0.15, 0.2) is 35.1 Å². The normalized spacial score (nSPS) is 11.7. The predicted octanol–water partition coefficient (Wildman–Crippen LogP) is 4.93. The molecule has 1 aromatic carbocycles. The summed E-state index contributed by atoms with van der Waals surface area (Å²) in [5, 5.41) is 17.1. The van der Waals surface area contributed by atoms with Gasteiger partial charge in [0.1, 0.15) is 23.4 Å². The van der Waals surface area contributed by atoms with Gasteiger partial charge in [-0.05, 0) is 73.6 Å². The molecule has 2 aromatic rings. The molecule has 0 bridgehead atoms. The van der Waals surface area contributed by atoms with Gasteiger partial charge >= 0.3 is 12.1 Å². The molecule has 0 spiro atoms. The maximum Gasteiger partial charge on any atom is 0.412 e. The van der Waals surface area contributed by atoms with Crippen LogP contribution < -0.4 is 16.2 Å². The van der Waals surface area contributed by atoms with Gasteiger partial charge in [0.15, 0.2) is 0 Å². The van der Waals surface area contributed by atoms with Crippen molar-refractivity contribution in [2.24, 2.45) is 0 Å². The van der Waals surface area contributed by atoms with Gasteiger partial charge in [0.25, 0.3) is 11.2 Å². The second-order valence-electron chi connectivity index (χ2n) is 10.6. The molecule has 0 saturated heterocycles. The Morgan fingerprint density at radius 2 is 1.64 bits per heavy atom. The van der Waals surface area contributed by atoms with Gasteiger partial charge in [0.05, 0.1) is 16.3 Å². The summed E-state index contributed by atoms with van der Waals surface area (Å²) in [6.07, 6.45) is -0.795. The molecule has 1 heterocycles. The molecule has 0 atom stereocenters. The number of nitro groups is 1. The van der Waals surface area contributed by atoms with Crippen LogP contribution in [0, 0.1) is 10.1 Å². The maximum atomic E-state index is 13.3. The lowest BCUT2D eigenvalue weighted by Crippen LogP contribution is -2.33. The smallest absolute Gasteiger partial charge is 0.412 e. The first kappa shape index (κ1) is 28.3. The Balaban J connectivity index is 2.64. The van der Waals surface area contributed by atoms with Crippen LogP contribution in [0.5, 0.6) is 0 Å². The van der Waals surface area contributed by atoms with Crippen LogP contribution in [0.2, 0.25) is 0 Å². The van der Waals surface area contributed by atoms with Gasteiger partial charge in [-0.3, -0.25) is 29.6 Å². The summed E-state index contributed by atoms with van der Waals surface area (Å²) in [5.41, 5.74) is -1.54. The highest BCUT2D eigenvalue weighted by atomic mass is 16.6. The van der Waals surface area contributed by atoms with E-state index < -0.39 is 40.3 Å². The van der Waals surface area contributed by atoms with Crippen LogP contribution in [0.25, 0.3) is 11.3 Å². The monoisotopic (exact) mass is 502 g/mol. The third-order valence-electron chi connectivity index (χ3n) is 4.40. The van der Waals surface area contributed by atoms with Gasteiger partial charge in [-0.1, -0.05) is 0 Å². The molecule has 0 aliphatic rings. The number of non-ortho nitro benzene ring substituents is 1. The zero-order valence-corrected chi connectivity index (χ0v) is 21.9. The molecule has 11 heteroatoms. The standard InChI is InChI=1S/C25H34N4O7/c1-15(2)26-19-9-10-20(28(22(19)31)14-21(30)35-24(3,4)5)16-11-17(13-18(12-16)29(33)34)27-23(32)36-25(6,7)8/h9-13,15,26H,14H2,1-8H3,(H,27,32). The Morgan fingerprint density at radius 1 is 1.03 bits per heavy atom. The quantitative estimate of drug-likeness (QED) is 0.308. The molecular weight excluding hydrogens is 468 g/mol. The summed E-state index contributed by atoms with van der Waals surface area (Å²) >= 11 is 0. The molecule has 0 saturated carbocycles. The number of carbonyl (C=O) groups excluding carboxylic acids is 2. The number of aromatic nitrogens is 1. The number of benzene rings is 1. The highest BCUT2D eigenvalue weighted by molar-refractivity contribution is 5.87. The Kier molecular flexibility index (Phi) is 8.50. The molecule has 2 rings (SSSR count). The first-order valence-electron chi connectivity index (χ1n) is 11.5. The van der Waals surface area contributed by atoms with E-state index in [2.05, 4.69) is 10.6 Å². The third-order valence-corrected chi connectivity index (χ3v) is 4.40. The molecule has 196 valence electrons. The highest BCUT2D eigenvalue weighted by Gasteiger charge is 2.22. The number of hydrogen-bond acceptors (Lipinski definition) is 8. The summed E-state index contributed by atoms with van der Waals surface area (Å²) in [6.45, 7) is 13.5. The minimum Gasteiger partial charge on any atom is -0.459 e. The van der Waals surface area contributed by atoms with Gasteiger partial charge in [-0.15, -0.1) is 0 Å². The lowest BCUT2D eigenvalue weighted by Gasteiger charge is -2.22. The molecule has 0 aliphatic carbocycles. The number of carbonyl (C=O) groups is 2. The van der Waals surface area contributed by atoms with Gasteiger partial charge < -0.3 is 14.8 Å². The van der Waals surface area contributed by atoms with Crippen molar-refractivity contribution in [2.45, 2.75) is 79.2 Å². The van der Waals surface area contributed by atoms with Crippen LogP contribution in [-0.4, -0.2) is 38.8 Å². The first-order chi connectivity index (χ1) is 16.4. The van der Waals surface area contributed by atoms with E-state index >= 15 is 0 Å². The van der Waals surface area contributed by atoms with Gasteiger partial charge in [-0.2, -0.15) is 0 Å². The molecule has 0 unspecified atom stereocenters. The number of anilines is 2. The number of nitrogens with zero attached hydrogens (tertiary/aromatic N) is 2. The summed E-state index contributed by atoms with van der Waals surface area (Å²) in [7, 11) is 0. The number of pyridine rings is 1. The van der Waals surface area contributed by atoms with E-state index in [-0.39, 0.29) is 34.4 Å². The van der Waals surface area contributed by atoms with Gasteiger partial charge in [-0.25, -0.2) is 4.79 Å². The topological polar surface area (TPSA) is 142 Å². The molecular formula is C25H34N4O7. The summed E-state index contributed by atoms with van der Waals surface area (Å²) in [4.78, 5) is 49.2. The fourth-order valence-electron chi connectivity index (χ4n) is 3.27. The second kappa shape index (κ2) is 10.8. The van der Waals surface area contributed by atoms with Crippen molar-refractivity contribution < 1.29 is 24.0 Å². The van der Waals surface area contributed by atoms with Crippen molar-refractivity contribution in [3.8, 4) is 11.3 Å². The Hall–Kier alpha value is -3.89. The fourth-order valence-corrected chi connectivity index (χ4v) is 3.27. The molecule has 0 radical (unpaired) electrons. The van der Waals surface area contributed by atoms with E-state index in [1.807, 2.05) is 13.8 Å². The van der Waals surface area contributed by atoms with Gasteiger partial charge in [0, 0.05) is 23.7 Å². The minimum atomic E-state index is -0.795. The second-order valence-corrected chi connectivity index (χ2v) is 10.6. The predicted molar refractivity (Wildman–Crippen MR) is 137 cm³/mol. The maximum absolute atomic E-state index is 13.3. The minimum absolute atomic E-state index is 0.0547. The lowest BCUT2D eigenvalue weighted by molar-refractivity contribution is -0.384. The van der Waals surface area contributed by atoms with Crippen LogP contribution in [-0.2, 0) is 20.8 Å². The van der Waals surface area contributed by atoms with Crippen LogP contribution >= 0.6 is 0 Å². The first-order valence-corrected chi connectivity index (χ1v) is 11.5. The van der Waals surface area contributed by atoms with Crippen molar-refractivity contribution in [3.05, 3.63) is 50.8 Å². The summed E-state index contributed by atoms with van der Waals surface area (Å²) in [5.74, 6) is -0.648. The van der Waals surface area contributed by atoms with Crippen LogP contribution in [0.4, 0.5) is 21.9 Å². The Bertz CT molecular complexity index is 1200. The SMILES string of the molecule is CC(C)Nc1ccc(-c2cc(NC(=O)OC(C)(C)C)cc([N+](=O)[O-])c2)n(CC(=O)OC(C)(C)C)c1=O. The van der Waals surface area contributed by atoms with Crippen molar-refractivity contribution in [3.63, 3.8) is 0 Å². The zero-order chi connectivity index (χ0) is 27.4. The molecule has 2 N–H and O–H groups in total. The largest absolute Gasteiger partial charge is 0.459 e. The molecule has 0 aliphatic heterocycles. The number of nitro benzene ring substituents is 1. The van der Waals surface area contributed by atoms with Crippen molar-refractivity contribution in [1.29, 1.82) is 0 Å². The van der Waals surface area contributed by atoms with E-state index in [0.717, 1.165) is 0 Å². The van der Waals surface area contributed by atoms with Gasteiger partial charge in [0.2, 0.25) is 0 Å². The molecule has 1 aromatic heterocycles. The number of esters is 1. The van der Waals surface area contributed by atoms with E-state index in [9.17, 15) is 24.5 Å². The zero-order valence-electron chi connectivity index (χ0n) is 21.9. The number of rotatable bonds is 7. The van der Waals surface area contributed by atoms with Crippen molar-refractivity contribution in [1.82, 2.24) is 4.57 Å². The van der Waals surface area contributed by atoms with Crippen LogP contribution in [0.1, 0.15) is 55.4 Å². The number of ether oxygens (including phenoxy) is 2. The number of amides is 1. The lowest BCUT2D eigenvalue weighted by atomic mass is 10.1. The Morgan fingerprint density at radius 3 is 2.17 bits per heavy atom. The molecule has 1 amide bonds. The molecule has 11 nitrogen and oxygen atoms in total. The van der Waals surface area contributed by atoms with Crippen molar-refractivity contribution in [2.75, 3.05) is 10.6 Å². The summed E-state index contributed by atoms with van der Waals surface area (Å²) < 4.78 is 11.8. The van der Waals surface area contributed by atoms with Crippen molar-refractivity contribution >= 4 is 29.1 Å². The Labute approximate surface area is 209 Å². The van der Waals surface area contributed by atoms with E-state index in [1.54, 1.807) is 53.7 Å². The fraction of sp³-hybridized carbons (Fsp3) is 0.480. The highest BCUT2D eigenvalue weighted by Crippen LogP contribution is 2.29. The van der Waals surface area contributed by atoms with Crippen LogP contribution in [0.3, 0.4) is 0 Å².